The summed E-state index contributed by atoms with van der Waals surface area (Å²) in [6.07, 6.45) is 6.66. The van der Waals surface area contributed by atoms with Crippen molar-refractivity contribution in [2.24, 2.45) is 0 Å². The normalized spacial score (nSPS) is 16.6. The van der Waals surface area contributed by atoms with Gasteiger partial charge in [-0.25, -0.2) is 0 Å². The Hall–Kier alpha value is 0.0500. The Morgan fingerprint density at radius 2 is 1.82 bits per heavy atom. The van der Waals surface area contributed by atoms with Gasteiger partial charge >= 0.3 is 0 Å². The van der Waals surface area contributed by atoms with Crippen LogP contribution in [0.15, 0.2) is 18.2 Å². The third-order valence-electron chi connectivity index (χ3n) is 3.22. The van der Waals surface area contributed by atoms with E-state index in [1.807, 2.05) is 18.2 Å². The van der Waals surface area contributed by atoms with Crippen LogP contribution < -0.4 is 5.32 Å². The van der Waals surface area contributed by atoms with Crippen LogP contribution in [0.25, 0.3) is 0 Å². The van der Waals surface area contributed by atoms with E-state index in [4.69, 9.17) is 23.2 Å². The zero-order valence-electron chi connectivity index (χ0n) is 9.72. The molecular formula is C13H18Cl3N. The third kappa shape index (κ3) is 4.33. The molecule has 0 aliphatic heterocycles. The van der Waals surface area contributed by atoms with Gasteiger partial charge in [0.1, 0.15) is 0 Å². The Balaban J connectivity index is 0.00000144. The second-order valence-electron chi connectivity index (χ2n) is 4.43. The van der Waals surface area contributed by atoms with Gasteiger partial charge in [-0.3, -0.25) is 0 Å². The predicted octanol–water partition coefficient (Wildman–Crippen LogP) is 4.84. The van der Waals surface area contributed by atoms with E-state index >= 15 is 0 Å². The predicted molar refractivity (Wildman–Crippen MR) is 77.4 cm³/mol. The van der Waals surface area contributed by atoms with Gasteiger partial charge in [0.15, 0.2) is 0 Å². The highest BCUT2D eigenvalue weighted by atomic mass is 35.5. The van der Waals surface area contributed by atoms with Gasteiger partial charge in [0.2, 0.25) is 0 Å². The van der Waals surface area contributed by atoms with Crippen LogP contribution in [0, 0.1) is 0 Å². The summed E-state index contributed by atoms with van der Waals surface area (Å²) < 4.78 is 0. The minimum atomic E-state index is 0. The van der Waals surface area contributed by atoms with E-state index in [-0.39, 0.29) is 12.4 Å². The van der Waals surface area contributed by atoms with E-state index in [2.05, 4.69) is 5.32 Å². The first-order valence-corrected chi connectivity index (χ1v) is 6.69. The number of halogens is 3. The van der Waals surface area contributed by atoms with Crippen molar-refractivity contribution >= 4 is 35.6 Å². The lowest BCUT2D eigenvalue weighted by molar-refractivity contribution is 0.372. The Morgan fingerprint density at radius 1 is 1.12 bits per heavy atom. The summed E-state index contributed by atoms with van der Waals surface area (Å²) in [5, 5.41) is 4.89. The zero-order valence-corrected chi connectivity index (χ0v) is 12.0. The van der Waals surface area contributed by atoms with Crippen molar-refractivity contribution in [3.63, 3.8) is 0 Å². The van der Waals surface area contributed by atoms with E-state index in [1.165, 1.54) is 32.1 Å². The van der Waals surface area contributed by atoms with Gasteiger partial charge in [-0.1, -0.05) is 54.6 Å². The average Bonchev–Trinajstić information content (AvgIpc) is 2.32. The van der Waals surface area contributed by atoms with Gasteiger partial charge in [-0.05, 0) is 24.5 Å². The maximum Gasteiger partial charge on any atom is 0.0637 e. The van der Waals surface area contributed by atoms with Crippen LogP contribution in [0.1, 0.15) is 37.7 Å². The van der Waals surface area contributed by atoms with Gasteiger partial charge < -0.3 is 5.32 Å². The molecule has 0 radical (unpaired) electrons. The smallest absolute Gasteiger partial charge is 0.0637 e. The van der Waals surface area contributed by atoms with Crippen molar-refractivity contribution in [3.8, 4) is 0 Å². The first-order valence-electron chi connectivity index (χ1n) is 5.93. The second-order valence-corrected chi connectivity index (χ2v) is 5.21. The fourth-order valence-electron chi connectivity index (χ4n) is 2.25. The van der Waals surface area contributed by atoms with E-state index in [1.54, 1.807) is 0 Å². The first-order chi connectivity index (χ1) is 7.77. The van der Waals surface area contributed by atoms with E-state index < -0.39 is 0 Å². The summed E-state index contributed by atoms with van der Waals surface area (Å²) >= 11 is 12.1. The molecule has 1 aromatic rings. The standard InChI is InChI=1S/C13H17Cl2N.ClH/c14-12-8-4-5-10(13(12)15)9-16-11-6-2-1-3-7-11;/h4-5,8,11,16H,1-3,6-7,9H2;1H. The van der Waals surface area contributed by atoms with Gasteiger partial charge in [0.05, 0.1) is 10.0 Å². The van der Waals surface area contributed by atoms with Crippen LogP contribution in [-0.4, -0.2) is 6.04 Å². The minimum Gasteiger partial charge on any atom is -0.310 e. The van der Waals surface area contributed by atoms with Crippen molar-refractivity contribution in [3.05, 3.63) is 33.8 Å². The molecule has 0 bridgehead atoms. The van der Waals surface area contributed by atoms with E-state index in [0.717, 1.165) is 12.1 Å². The molecule has 1 nitrogen and oxygen atoms in total. The van der Waals surface area contributed by atoms with Crippen molar-refractivity contribution in [2.75, 3.05) is 0 Å². The molecule has 0 atom stereocenters. The Kier molecular flexibility index (Phi) is 6.65. The van der Waals surface area contributed by atoms with Crippen LogP contribution >= 0.6 is 35.6 Å². The Labute approximate surface area is 119 Å². The van der Waals surface area contributed by atoms with Crippen molar-refractivity contribution in [1.82, 2.24) is 5.32 Å². The molecule has 1 aliphatic carbocycles. The van der Waals surface area contributed by atoms with Crippen LogP contribution in [0.5, 0.6) is 0 Å². The third-order valence-corrected chi connectivity index (χ3v) is 4.08. The van der Waals surface area contributed by atoms with Crippen molar-refractivity contribution in [2.45, 2.75) is 44.7 Å². The molecule has 17 heavy (non-hydrogen) atoms. The molecule has 0 saturated heterocycles. The van der Waals surface area contributed by atoms with Gasteiger partial charge in [-0.2, -0.15) is 0 Å². The molecular weight excluding hydrogens is 277 g/mol. The molecule has 2 rings (SSSR count). The lowest BCUT2D eigenvalue weighted by Crippen LogP contribution is -2.30. The highest BCUT2D eigenvalue weighted by Gasteiger charge is 2.13. The van der Waals surface area contributed by atoms with Crippen molar-refractivity contribution < 1.29 is 0 Å². The molecule has 0 amide bonds. The van der Waals surface area contributed by atoms with Crippen LogP contribution in [0.2, 0.25) is 10.0 Å². The number of hydrogen-bond donors (Lipinski definition) is 1. The van der Waals surface area contributed by atoms with Gasteiger partial charge in [0, 0.05) is 12.6 Å². The maximum atomic E-state index is 6.14. The minimum absolute atomic E-state index is 0. The lowest BCUT2D eigenvalue weighted by atomic mass is 9.95. The quantitative estimate of drug-likeness (QED) is 0.841. The average molecular weight is 295 g/mol. The van der Waals surface area contributed by atoms with Crippen molar-refractivity contribution in [1.29, 1.82) is 0 Å². The number of rotatable bonds is 3. The topological polar surface area (TPSA) is 12.0 Å². The Morgan fingerprint density at radius 3 is 2.53 bits per heavy atom. The molecule has 1 saturated carbocycles. The van der Waals surface area contributed by atoms with E-state index in [0.29, 0.717) is 16.1 Å². The fraction of sp³-hybridized carbons (Fsp3) is 0.538. The molecule has 1 aromatic carbocycles. The highest BCUT2D eigenvalue weighted by Crippen LogP contribution is 2.26. The maximum absolute atomic E-state index is 6.14. The van der Waals surface area contributed by atoms with Gasteiger partial charge in [-0.15, -0.1) is 12.4 Å². The number of benzene rings is 1. The van der Waals surface area contributed by atoms with Gasteiger partial charge in [0.25, 0.3) is 0 Å². The molecule has 1 N–H and O–H groups in total. The highest BCUT2D eigenvalue weighted by molar-refractivity contribution is 6.42. The molecule has 4 heteroatoms. The molecule has 1 fully saturated rings. The largest absolute Gasteiger partial charge is 0.310 e. The summed E-state index contributed by atoms with van der Waals surface area (Å²) in [4.78, 5) is 0. The van der Waals surface area contributed by atoms with Crippen LogP contribution in [0.3, 0.4) is 0 Å². The molecule has 0 heterocycles. The molecule has 0 aromatic heterocycles. The second kappa shape index (κ2) is 7.48. The number of hydrogen-bond acceptors (Lipinski definition) is 1. The fourth-order valence-corrected chi connectivity index (χ4v) is 2.63. The summed E-state index contributed by atoms with van der Waals surface area (Å²) in [7, 11) is 0. The summed E-state index contributed by atoms with van der Waals surface area (Å²) in [6.45, 7) is 0.823. The Bertz CT molecular complexity index is 349. The molecule has 0 spiro atoms. The lowest BCUT2D eigenvalue weighted by Gasteiger charge is -2.23. The number of nitrogens with one attached hydrogen (secondary N) is 1. The summed E-state index contributed by atoms with van der Waals surface area (Å²) in [5.41, 5.74) is 1.10. The molecule has 1 aliphatic rings. The molecule has 96 valence electrons. The summed E-state index contributed by atoms with van der Waals surface area (Å²) in [5.74, 6) is 0. The molecule has 0 unspecified atom stereocenters. The SMILES string of the molecule is Cl.Clc1cccc(CNC2CCCCC2)c1Cl. The van der Waals surface area contributed by atoms with Crippen LogP contribution in [-0.2, 0) is 6.54 Å². The monoisotopic (exact) mass is 293 g/mol. The van der Waals surface area contributed by atoms with E-state index in [9.17, 15) is 0 Å². The summed E-state index contributed by atoms with van der Waals surface area (Å²) in [6, 6.07) is 6.47. The zero-order chi connectivity index (χ0) is 11.4. The van der Waals surface area contributed by atoms with Crippen LogP contribution in [0.4, 0.5) is 0 Å². The first kappa shape index (κ1) is 15.1.